The fourth-order valence-corrected chi connectivity index (χ4v) is 1.04. The molecule has 88 valence electrons. The first-order chi connectivity index (χ1) is 7.58. The van der Waals surface area contributed by atoms with E-state index in [0.29, 0.717) is 5.75 Å². The molecule has 0 unspecified atom stereocenters. The number of carboxylic acid groups (broad SMARTS) is 1. The Morgan fingerprint density at radius 1 is 1.62 bits per heavy atom. The summed E-state index contributed by atoms with van der Waals surface area (Å²) in [4.78, 5) is 10.2. The molecular formula is C10H13FN2O3. The van der Waals surface area contributed by atoms with E-state index in [1.54, 1.807) is 6.07 Å². The van der Waals surface area contributed by atoms with Gasteiger partial charge in [0.25, 0.3) is 0 Å². The van der Waals surface area contributed by atoms with Crippen molar-refractivity contribution in [3.05, 3.63) is 30.1 Å². The molecule has 0 aliphatic rings. The van der Waals surface area contributed by atoms with Crippen molar-refractivity contribution in [1.29, 1.82) is 0 Å². The highest BCUT2D eigenvalue weighted by Gasteiger charge is 2.05. The van der Waals surface area contributed by atoms with E-state index in [4.69, 9.17) is 15.6 Å². The Morgan fingerprint density at radius 3 is 3.00 bits per heavy atom. The number of rotatable bonds is 5. The molecule has 0 bridgehead atoms. The molecular weight excluding hydrogens is 215 g/mol. The minimum atomic E-state index is -1.14. The molecule has 0 spiro atoms. The molecule has 0 aromatic heterocycles. The zero-order chi connectivity index (χ0) is 12.0. The maximum absolute atomic E-state index is 12.7. The molecule has 0 heterocycles. The highest BCUT2D eigenvalue weighted by molar-refractivity contribution is 5.64. The Labute approximate surface area is 92.0 Å². The summed E-state index contributed by atoms with van der Waals surface area (Å²) in [5, 5.41) is 10.5. The third-order valence-corrected chi connectivity index (χ3v) is 1.78. The van der Waals surface area contributed by atoms with Gasteiger partial charge in [-0.1, -0.05) is 6.07 Å². The van der Waals surface area contributed by atoms with Crippen LogP contribution < -0.4 is 15.8 Å². The zero-order valence-electron chi connectivity index (χ0n) is 8.52. The number of ether oxygens (including phenoxy) is 1. The molecule has 0 saturated carbocycles. The molecule has 4 N–H and O–H groups in total. The highest BCUT2D eigenvalue weighted by atomic mass is 19.1. The Balaban J connectivity index is 2.31. The summed E-state index contributed by atoms with van der Waals surface area (Å²) in [6, 6.07) is 5.18. The number of carbonyl (C=O) groups is 1. The Bertz CT molecular complexity index is 360. The minimum absolute atomic E-state index is 0.0879. The van der Waals surface area contributed by atoms with Crippen molar-refractivity contribution in [1.82, 2.24) is 5.32 Å². The fraction of sp³-hybridized carbons (Fsp3) is 0.300. The van der Waals surface area contributed by atoms with Crippen molar-refractivity contribution >= 4 is 6.09 Å². The van der Waals surface area contributed by atoms with Gasteiger partial charge in [-0.05, 0) is 12.1 Å². The third kappa shape index (κ3) is 4.61. The quantitative estimate of drug-likeness (QED) is 0.696. The highest BCUT2D eigenvalue weighted by Crippen LogP contribution is 2.11. The van der Waals surface area contributed by atoms with Crippen LogP contribution in [0.5, 0.6) is 5.75 Å². The molecule has 1 aromatic rings. The lowest BCUT2D eigenvalue weighted by Crippen LogP contribution is -2.40. The SMILES string of the molecule is N[C@@H](CNC(=O)O)COc1cccc(F)c1. The van der Waals surface area contributed by atoms with Gasteiger partial charge >= 0.3 is 6.09 Å². The lowest BCUT2D eigenvalue weighted by atomic mass is 10.3. The number of nitrogens with one attached hydrogen (secondary N) is 1. The van der Waals surface area contributed by atoms with Gasteiger partial charge in [-0.25, -0.2) is 9.18 Å². The van der Waals surface area contributed by atoms with E-state index in [0.717, 1.165) is 0 Å². The summed E-state index contributed by atoms with van der Waals surface area (Å²) in [7, 11) is 0. The van der Waals surface area contributed by atoms with Gasteiger partial charge in [-0.3, -0.25) is 0 Å². The second-order valence-electron chi connectivity index (χ2n) is 3.21. The minimum Gasteiger partial charge on any atom is -0.492 e. The molecule has 1 rings (SSSR count). The number of benzene rings is 1. The molecule has 0 aliphatic heterocycles. The van der Waals surface area contributed by atoms with Crippen LogP contribution in [0.4, 0.5) is 9.18 Å². The van der Waals surface area contributed by atoms with Gasteiger partial charge in [-0.15, -0.1) is 0 Å². The van der Waals surface area contributed by atoms with Crippen molar-refractivity contribution in [2.75, 3.05) is 13.2 Å². The fourth-order valence-electron chi connectivity index (χ4n) is 1.04. The molecule has 0 aliphatic carbocycles. The van der Waals surface area contributed by atoms with E-state index >= 15 is 0 Å². The molecule has 0 fully saturated rings. The number of amides is 1. The summed E-state index contributed by atoms with van der Waals surface area (Å²) >= 11 is 0. The van der Waals surface area contributed by atoms with Gasteiger partial charge in [-0.2, -0.15) is 0 Å². The third-order valence-electron chi connectivity index (χ3n) is 1.78. The average molecular weight is 228 g/mol. The molecule has 0 saturated heterocycles. The first-order valence-electron chi connectivity index (χ1n) is 4.68. The van der Waals surface area contributed by atoms with Crippen LogP contribution in [0.15, 0.2) is 24.3 Å². The van der Waals surface area contributed by atoms with Gasteiger partial charge in [0.1, 0.15) is 18.2 Å². The first-order valence-corrected chi connectivity index (χ1v) is 4.68. The van der Waals surface area contributed by atoms with Crippen molar-refractivity contribution < 1.29 is 19.0 Å². The van der Waals surface area contributed by atoms with Crippen LogP contribution in [-0.4, -0.2) is 30.4 Å². The standard InChI is InChI=1S/C10H13FN2O3/c11-7-2-1-3-9(4-7)16-6-8(12)5-13-10(14)15/h1-4,8,13H,5-6,12H2,(H,14,15)/t8-/m0/s1. The van der Waals surface area contributed by atoms with Crippen LogP contribution in [0, 0.1) is 5.82 Å². The van der Waals surface area contributed by atoms with Crippen LogP contribution >= 0.6 is 0 Å². The molecule has 1 amide bonds. The number of hydrogen-bond donors (Lipinski definition) is 3. The van der Waals surface area contributed by atoms with Crippen LogP contribution in [0.25, 0.3) is 0 Å². The van der Waals surface area contributed by atoms with Crippen LogP contribution in [0.3, 0.4) is 0 Å². The molecule has 1 aromatic carbocycles. The van der Waals surface area contributed by atoms with E-state index < -0.39 is 18.0 Å². The van der Waals surface area contributed by atoms with Gasteiger partial charge in [0, 0.05) is 12.6 Å². The van der Waals surface area contributed by atoms with Gasteiger partial charge in [0.05, 0.1) is 6.04 Å². The number of halogens is 1. The smallest absolute Gasteiger partial charge is 0.404 e. The van der Waals surface area contributed by atoms with Crippen LogP contribution in [0.2, 0.25) is 0 Å². The predicted molar refractivity (Wildman–Crippen MR) is 55.9 cm³/mol. The monoisotopic (exact) mass is 228 g/mol. The lowest BCUT2D eigenvalue weighted by molar-refractivity contribution is 0.191. The maximum Gasteiger partial charge on any atom is 0.404 e. The molecule has 1 atom stereocenters. The summed E-state index contributed by atoms with van der Waals surface area (Å²) in [5.74, 6) is -0.0273. The van der Waals surface area contributed by atoms with Crippen molar-refractivity contribution in [3.8, 4) is 5.75 Å². The normalized spacial score (nSPS) is 11.9. The second-order valence-corrected chi connectivity index (χ2v) is 3.21. The van der Waals surface area contributed by atoms with E-state index in [2.05, 4.69) is 5.32 Å². The Morgan fingerprint density at radius 2 is 2.38 bits per heavy atom. The van der Waals surface area contributed by atoms with Crippen molar-refractivity contribution in [2.45, 2.75) is 6.04 Å². The molecule has 5 nitrogen and oxygen atoms in total. The predicted octanol–water partition coefficient (Wildman–Crippen LogP) is 0.799. The molecule has 16 heavy (non-hydrogen) atoms. The molecule has 6 heteroatoms. The van der Waals surface area contributed by atoms with Gasteiger partial charge in [0.15, 0.2) is 0 Å². The number of nitrogens with two attached hydrogens (primary N) is 1. The van der Waals surface area contributed by atoms with Crippen LogP contribution in [-0.2, 0) is 0 Å². The summed E-state index contributed by atoms with van der Waals surface area (Å²) in [6.07, 6.45) is -1.14. The topological polar surface area (TPSA) is 84.6 Å². The van der Waals surface area contributed by atoms with Crippen molar-refractivity contribution in [3.63, 3.8) is 0 Å². The van der Waals surface area contributed by atoms with E-state index in [1.807, 2.05) is 0 Å². The lowest BCUT2D eigenvalue weighted by Gasteiger charge is -2.12. The van der Waals surface area contributed by atoms with E-state index in [-0.39, 0.29) is 13.2 Å². The first kappa shape index (κ1) is 12.3. The second kappa shape index (κ2) is 5.92. The average Bonchev–Trinajstić information content (AvgIpc) is 2.23. The largest absolute Gasteiger partial charge is 0.492 e. The Hall–Kier alpha value is -1.82. The van der Waals surface area contributed by atoms with Crippen LogP contribution in [0.1, 0.15) is 0 Å². The van der Waals surface area contributed by atoms with E-state index in [1.165, 1.54) is 18.2 Å². The zero-order valence-corrected chi connectivity index (χ0v) is 8.52. The van der Waals surface area contributed by atoms with Gasteiger partial charge < -0.3 is 20.9 Å². The summed E-state index contributed by atoms with van der Waals surface area (Å²) in [5.41, 5.74) is 5.56. The maximum atomic E-state index is 12.7. The summed E-state index contributed by atoms with van der Waals surface area (Å²) in [6.45, 7) is 0.203. The molecule has 0 radical (unpaired) electrons. The summed E-state index contributed by atoms with van der Waals surface area (Å²) < 4.78 is 17.9. The van der Waals surface area contributed by atoms with Gasteiger partial charge in [0.2, 0.25) is 0 Å². The van der Waals surface area contributed by atoms with E-state index in [9.17, 15) is 9.18 Å². The van der Waals surface area contributed by atoms with Crippen molar-refractivity contribution in [2.24, 2.45) is 5.73 Å². The number of hydrogen-bond acceptors (Lipinski definition) is 3. The Kier molecular flexibility index (Phi) is 4.53.